The summed E-state index contributed by atoms with van der Waals surface area (Å²) < 4.78 is 19.0. The number of anilines is 2. The van der Waals surface area contributed by atoms with Gasteiger partial charge in [-0.2, -0.15) is 0 Å². The highest BCUT2D eigenvalue weighted by atomic mass is 32.1. The minimum atomic E-state index is -0.464. The lowest BCUT2D eigenvalue weighted by molar-refractivity contribution is -0.120. The van der Waals surface area contributed by atoms with E-state index in [1.165, 1.54) is 35.6 Å². The maximum absolute atomic E-state index is 13.3. The molecule has 0 saturated heterocycles. The Balaban J connectivity index is 1.65. The summed E-state index contributed by atoms with van der Waals surface area (Å²) in [6.45, 7) is 4.70. The number of hydrogen-bond acceptors (Lipinski definition) is 5. The lowest BCUT2D eigenvalue weighted by Gasteiger charge is -2.16. The molecule has 0 radical (unpaired) electrons. The fourth-order valence-corrected chi connectivity index (χ4v) is 3.93. The second kappa shape index (κ2) is 8.73. The molecule has 0 bridgehead atoms. The zero-order chi connectivity index (χ0) is 22.0. The van der Waals surface area contributed by atoms with Gasteiger partial charge in [-0.25, -0.2) is 9.29 Å². The van der Waals surface area contributed by atoms with E-state index in [0.29, 0.717) is 40.1 Å². The highest BCUT2D eigenvalue weighted by Gasteiger charge is 2.40. The highest BCUT2D eigenvalue weighted by molar-refractivity contribution is 7.11. The van der Waals surface area contributed by atoms with Crippen LogP contribution in [0.25, 0.3) is 5.57 Å². The first-order valence-corrected chi connectivity index (χ1v) is 10.7. The summed E-state index contributed by atoms with van der Waals surface area (Å²) >= 11 is 1.37. The third-order valence-electron chi connectivity index (χ3n) is 4.64. The van der Waals surface area contributed by atoms with Gasteiger partial charge in [-0.3, -0.25) is 9.59 Å². The van der Waals surface area contributed by atoms with Gasteiger partial charge >= 0.3 is 0 Å². The molecule has 0 aliphatic carbocycles. The maximum Gasteiger partial charge on any atom is 0.282 e. The van der Waals surface area contributed by atoms with Gasteiger partial charge in [-0.15, -0.1) is 11.3 Å². The average Bonchev–Trinajstić information content (AvgIpc) is 3.35. The van der Waals surface area contributed by atoms with Crippen LogP contribution in [0.3, 0.4) is 0 Å². The number of carbonyl (C=O) groups is 2. The lowest BCUT2D eigenvalue weighted by atomic mass is 10.2. The second-order valence-electron chi connectivity index (χ2n) is 7.50. The molecule has 0 unspecified atom stereocenters. The van der Waals surface area contributed by atoms with E-state index in [4.69, 9.17) is 4.74 Å². The van der Waals surface area contributed by atoms with Gasteiger partial charge in [-0.05, 0) is 65.9 Å². The molecule has 5 nitrogen and oxygen atoms in total. The normalized spacial score (nSPS) is 14.0. The number of amides is 2. The van der Waals surface area contributed by atoms with Crippen molar-refractivity contribution in [1.82, 2.24) is 0 Å². The molecule has 7 heteroatoms. The van der Waals surface area contributed by atoms with E-state index in [0.717, 1.165) is 4.90 Å². The number of nitrogens with one attached hydrogen (secondary N) is 1. The number of thiophene rings is 1. The molecule has 0 atom stereocenters. The number of ether oxygens (including phenoxy) is 1. The largest absolute Gasteiger partial charge is 0.493 e. The number of imide groups is 1. The Morgan fingerprint density at radius 1 is 1.00 bits per heavy atom. The minimum Gasteiger partial charge on any atom is -0.493 e. The summed E-state index contributed by atoms with van der Waals surface area (Å²) in [4.78, 5) is 28.4. The van der Waals surface area contributed by atoms with E-state index in [1.54, 1.807) is 30.3 Å². The molecule has 158 valence electrons. The van der Waals surface area contributed by atoms with Crippen LogP contribution in [0.1, 0.15) is 18.7 Å². The van der Waals surface area contributed by atoms with Crippen molar-refractivity contribution in [2.75, 3.05) is 16.8 Å². The topological polar surface area (TPSA) is 58.6 Å². The van der Waals surface area contributed by atoms with Crippen molar-refractivity contribution in [3.63, 3.8) is 0 Å². The van der Waals surface area contributed by atoms with Crippen molar-refractivity contribution in [3.05, 3.63) is 82.4 Å². The third kappa shape index (κ3) is 4.36. The Hall–Kier alpha value is -3.45. The lowest BCUT2D eigenvalue weighted by Crippen LogP contribution is -2.32. The summed E-state index contributed by atoms with van der Waals surface area (Å²) in [6.07, 6.45) is 0. The first kappa shape index (κ1) is 20.8. The molecular formula is C24H21FN2O3S. The van der Waals surface area contributed by atoms with Crippen molar-refractivity contribution in [2.24, 2.45) is 5.92 Å². The summed E-state index contributed by atoms with van der Waals surface area (Å²) in [6, 6.07) is 16.1. The molecule has 1 aliphatic heterocycles. The van der Waals surface area contributed by atoms with Gasteiger partial charge in [0.1, 0.15) is 17.3 Å². The number of carbonyl (C=O) groups excluding carboxylic acids is 2. The molecule has 2 amide bonds. The maximum atomic E-state index is 13.3. The zero-order valence-electron chi connectivity index (χ0n) is 17.1. The van der Waals surface area contributed by atoms with Crippen LogP contribution < -0.4 is 15.0 Å². The van der Waals surface area contributed by atoms with Gasteiger partial charge in [0.15, 0.2) is 0 Å². The van der Waals surface area contributed by atoms with Crippen molar-refractivity contribution < 1.29 is 18.7 Å². The molecule has 1 aliphatic rings. The van der Waals surface area contributed by atoms with Crippen molar-refractivity contribution >= 4 is 40.1 Å². The van der Waals surface area contributed by atoms with Crippen LogP contribution in [-0.4, -0.2) is 18.4 Å². The molecule has 1 N–H and O–H groups in total. The Kier molecular flexibility index (Phi) is 5.86. The van der Waals surface area contributed by atoms with Crippen molar-refractivity contribution in [1.29, 1.82) is 0 Å². The van der Waals surface area contributed by atoms with Crippen LogP contribution in [0, 0.1) is 11.7 Å². The minimum absolute atomic E-state index is 0.166. The molecule has 3 aromatic rings. The smallest absolute Gasteiger partial charge is 0.282 e. The van der Waals surface area contributed by atoms with E-state index >= 15 is 0 Å². The van der Waals surface area contributed by atoms with Gasteiger partial charge in [0, 0.05) is 10.6 Å². The van der Waals surface area contributed by atoms with Crippen LogP contribution in [0.15, 0.2) is 71.7 Å². The monoisotopic (exact) mass is 436 g/mol. The first-order chi connectivity index (χ1) is 14.9. The number of nitrogens with zero attached hydrogens (tertiary/aromatic N) is 1. The SMILES string of the molecule is CC(C)COc1ccc(N2C(=O)C(Nc3ccc(F)cc3)=C(c3cccs3)C2=O)cc1. The van der Waals surface area contributed by atoms with Crippen LogP contribution in [0.5, 0.6) is 5.75 Å². The molecule has 2 heterocycles. The molecule has 31 heavy (non-hydrogen) atoms. The van der Waals surface area contributed by atoms with Crippen LogP contribution in [0.2, 0.25) is 0 Å². The van der Waals surface area contributed by atoms with E-state index in [-0.39, 0.29) is 11.5 Å². The molecule has 0 saturated carbocycles. The predicted octanol–water partition coefficient (Wildman–Crippen LogP) is 5.32. The van der Waals surface area contributed by atoms with Gasteiger partial charge < -0.3 is 10.1 Å². The average molecular weight is 437 g/mol. The van der Waals surface area contributed by atoms with E-state index in [1.807, 2.05) is 11.4 Å². The van der Waals surface area contributed by atoms with Gasteiger partial charge in [0.05, 0.1) is 17.9 Å². The van der Waals surface area contributed by atoms with Gasteiger partial charge in [0.25, 0.3) is 11.8 Å². The molecule has 2 aromatic carbocycles. The highest BCUT2D eigenvalue weighted by Crippen LogP contribution is 2.36. The summed E-state index contributed by atoms with van der Waals surface area (Å²) in [7, 11) is 0. The fraction of sp³-hybridized carbons (Fsp3) is 0.167. The summed E-state index contributed by atoms with van der Waals surface area (Å²) in [5, 5.41) is 4.86. The summed E-state index contributed by atoms with van der Waals surface area (Å²) in [5.74, 6) is -0.193. The Labute approximate surface area is 183 Å². The van der Waals surface area contributed by atoms with Gasteiger partial charge in [-0.1, -0.05) is 19.9 Å². The van der Waals surface area contributed by atoms with E-state index in [9.17, 15) is 14.0 Å². The molecule has 0 spiro atoms. The molecule has 1 aromatic heterocycles. The molecule has 0 fully saturated rings. The second-order valence-corrected chi connectivity index (χ2v) is 8.45. The van der Waals surface area contributed by atoms with Gasteiger partial charge in [0.2, 0.25) is 0 Å². The Bertz CT molecular complexity index is 1120. The van der Waals surface area contributed by atoms with Crippen molar-refractivity contribution in [2.45, 2.75) is 13.8 Å². The van der Waals surface area contributed by atoms with E-state index in [2.05, 4.69) is 19.2 Å². The number of rotatable bonds is 7. The van der Waals surface area contributed by atoms with E-state index < -0.39 is 11.8 Å². The Morgan fingerprint density at radius 3 is 2.32 bits per heavy atom. The van der Waals surface area contributed by atoms with Crippen molar-refractivity contribution in [3.8, 4) is 5.75 Å². The first-order valence-electron chi connectivity index (χ1n) is 9.86. The predicted molar refractivity (Wildman–Crippen MR) is 121 cm³/mol. The number of benzene rings is 2. The number of halogens is 1. The number of hydrogen-bond donors (Lipinski definition) is 1. The zero-order valence-corrected chi connectivity index (χ0v) is 17.9. The quantitative estimate of drug-likeness (QED) is 0.510. The third-order valence-corrected chi connectivity index (χ3v) is 5.53. The summed E-state index contributed by atoms with van der Waals surface area (Å²) in [5.41, 5.74) is 1.44. The van der Waals surface area contributed by atoms with Crippen LogP contribution in [0.4, 0.5) is 15.8 Å². The van der Waals surface area contributed by atoms with Crippen LogP contribution >= 0.6 is 11.3 Å². The molecular weight excluding hydrogens is 415 g/mol. The Morgan fingerprint density at radius 2 is 1.71 bits per heavy atom. The standard InChI is InChI=1S/C24H21FN2O3S/c1-15(2)14-30-19-11-9-18(10-12-19)27-23(28)21(20-4-3-13-31-20)22(24(27)29)26-17-7-5-16(25)6-8-17/h3-13,15,26H,14H2,1-2H3. The van der Waals surface area contributed by atoms with Crippen LogP contribution in [-0.2, 0) is 9.59 Å². The fourth-order valence-electron chi connectivity index (χ4n) is 3.16. The molecule has 4 rings (SSSR count).